The highest BCUT2D eigenvalue weighted by Gasteiger charge is 2.58. The smallest absolute Gasteiger partial charge is 0.276 e. The summed E-state index contributed by atoms with van der Waals surface area (Å²) < 4.78 is 1.54. The second-order valence-electron chi connectivity index (χ2n) is 12.3. The third-order valence-electron chi connectivity index (χ3n) is 8.97. The number of hydrogen-bond acceptors (Lipinski definition) is 6. The normalized spacial score (nSPS) is 23.8. The van der Waals surface area contributed by atoms with Crippen molar-refractivity contribution in [1.29, 1.82) is 0 Å². The first-order valence-electron chi connectivity index (χ1n) is 15.0. The van der Waals surface area contributed by atoms with Gasteiger partial charge in [0.2, 0.25) is 17.7 Å². The quantitative estimate of drug-likeness (QED) is 0.473. The molecule has 1 spiro atoms. The highest BCUT2D eigenvalue weighted by atomic mass is 16.2. The van der Waals surface area contributed by atoms with E-state index in [1.54, 1.807) is 11.1 Å². The zero-order chi connectivity index (χ0) is 30.3. The number of anilines is 1. The van der Waals surface area contributed by atoms with Gasteiger partial charge in [-0.15, -0.1) is 5.10 Å². The van der Waals surface area contributed by atoms with E-state index in [2.05, 4.69) is 15.6 Å². The van der Waals surface area contributed by atoms with E-state index in [1.165, 1.54) is 9.58 Å². The van der Waals surface area contributed by atoms with E-state index in [0.29, 0.717) is 25.1 Å². The molecule has 3 atom stereocenters. The summed E-state index contributed by atoms with van der Waals surface area (Å²) >= 11 is 0. The fraction of sp³-hybridized carbons (Fsp3) is 0.438. The molecule has 3 aliphatic rings. The fourth-order valence-electron chi connectivity index (χ4n) is 6.77. The lowest BCUT2D eigenvalue weighted by Crippen LogP contribution is -2.55. The van der Waals surface area contributed by atoms with Gasteiger partial charge in [-0.2, -0.15) is 0 Å². The minimum atomic E-state index is -1.08. The number of aromatic nitrogens is 3. The molecule has 3 aliphatic heterocycles. The van der Waals surface area contributed by atoms with Crippen molar-refractivity contribution in [2.75, 3.05) is 18.4 Å². The van der Waals surface area contributed by atoms with Crippen LogP contribution in [0.5, 0.6) is 0 Å². The number of aryl methyl sites for hydroxylation is 1. The van der Waals surface area contributed by atoms with Gasteiger partial charge in [-0.25, -0.2) is 4.68 Å². The van der Waals surface area contributed by atoms with E-state index in [0.717, 1.165) is 36.1 Å². The molecule has 0 aliphatic carbocycles. The summed E-state index contributed by atoms with van der Waals surface area (Å²) in [5.74, 6) is -1.63. The number of benzene rings is 2. The Balaban J connectivity index is 1.40. The minimum Gasteiger partial charge on any atom is -0.368 e. The first-order valence-corrected chi connectivity index (χ1v) is 15.0. The predicted octanol–water partition coefficient (Wildman–Crippen LogP) is 2.83. The van der Waals surface area contributed by atoms with Crippen molar-refractivity contribution in [1.82, 2.24) is 24.8 Å². The predicted molar refractivity (Wildman–Crippen MR) is 159 cm³/mol. The van der Waals surface area contributed by atoms with Gasteiger partial charge < -0.3 is 20.9 Å². The Morgan fingerprint density at radius 3 is 2.63 bits per heavy atom. The third-order valence-corrected chi connectivity index (χ3v) is 8.97. The number of fused-ring (bicyclic) bond motifs is 2. The molecular weight excluding hydrogens is 546 g/mol. The largest absolute Gasteiger partial charge is 0.368 e. The molecule has 3 N–H and O–H groups in total. The van der Waals surface area contributed by atoms with Crippen LogP contribution in [0.2, 0.25) is 0 Å². The van der Waals surface area contributed by atoms with Crippen molar-refractivity contribution in [2.45, 2.75) is 69.9 Å². The van der Waals surface area contributed by atoms with Crippen LogP contribution in [0.3, 0.4) is 0 Å². The topological polar surface area (TPSA) is 144 Å². The molecule has 11 heteroatoms. The van der Waals surface area contributed by atoms with Gasteiger partial charge in [0.25, 0.3) is 5.91 Å². The molecule has 1 saturated heterocycles. The van der Waals surface area contributed by atoms with E-state index in [-0.39, 0.29) is 36.4 Å². The number of nitrogens with zero attached hydrogens (tertiary/aromatic N) is 5. The zero-order valence-electron chi connectivity index (χ0n) is 24.5. The van der Waals surface area contributed by atoms with Crippen LogP contribution in [0.15, 0.2) is 54.7 Å². The van der Waals surface area contributed by atoms with Crippen molar-refractivity contribution in [3.8, 4) is 5.69 Å². The van der Waals surface area contributed by atoms with Crippen LogP contribution < -0.4 is 11.1 Å². The first-order chi connectivity index (χ1) is 20.7. The maximum atomic E-state index is 14.6. The van der Waals surface area contributed by atoms with Gasteiger partial charge in [-0.3, -0.25) is 19.2 Å². The number of para-hydroxylation sites is 1. The number of nitrogens with two attached hydrogens (primary N) is 1. The molecule has 0 saturated carbocycles. The minimum absolute atomic E-state index is 0.0164. The molecule has 0 radical (unpaired) electrons. The molecule has 11 nitrogen and oxygen atoms in total. The van der Waals surface area contributed by atoms with E-state index in [9.17, 15) is 19.2 Å². The van der Waals surface area contributed by atoms with Gasteiger partial charge in [-0.05, 0) is 67.3 Å². The van der Waals surface area contributed by atoms with Gasteiger partial charge in [0.1, 0.15) is 12.1 Å². The van der Waals surface area contributed by atoms with Gasteiger partial charge >= 0.3 is 0 Å². The number of hydrogen-bond donors (Lipinski definition) is 2. The Hall–Kier alpha value is -4.54. The van der Waals surface area contributed by atoms with Crippen LogP contribution in [0.25, 0.3) is 5.69 Å². The number of carbonyl (C=O) groups excluding carboxylic acids is 4. The number of amides is 4. The Kier molecular flexibility index (Phi) is 7.49. The molecule has 0 unspecified atom stereocenters. The number of nitrogens with one attached hydrogen (secondary N) is 1. The molecular formula is C32H37N7O4. The van der Waals surface area contributed by atoms with Crippen LogP contribution in [0, 0.1) is 5.92 Å². The summed E-state index contributed by atoms with van der Waals surface area (Å²) in [4.78, 5) is 58.1. The standard InChI is InChI=1S/C32H37N7O4/c1-20(2)15-26-30(42)38-19-32(17-27(38)28(33)40)23-16-21(12-13-24(23)34-31(32)43)9-5-4-8-14-37(26)29(41)25-18-39(36-35-25)22-10-6-3-7-11-22/h3,6-7,10-13,16,18,20,26-27H,4-5,8-9,14-15,17,19H2,1-2H3,(H2,33,40)(H,34,43)/t26-,27-,32-/m0/s1. The SMILES string of the molecule is CC(C)C[C@H]1C(=O)N2C[C@]3(C[C@H]2C(N)=O)C(=O)Nc2ccc(cc23)CCCCCN1C(=O)c1cn(-c2ccccc2)nn1. The molecule has 43 heavy (non-hydrogen) atoms. The van der Waals surface area contributed by atoms with E-state index >= 15 is 0 Å². The summed E-state index contributed by atoms with van der Waals surface area (Å²) in [7, 11) is 0. The maximum absolute atomic E-state index is 14.6. The summed E-state index contributed by atoms with van der Waals surface area (Å²) in [6, 6.07) is 13.5. The summed E-state index contributed by atoms with van der Waals surface area (Å²) in [6.45, 7) is 4.34. The summed E-state index contributed by atoms with van der Waals surface area (Å²) in [5.41, 5.74) is 8.29. The van der Waals surface area contributed by atoms with Crippen LogP contribution in [-0.2, 0) is 26.2 Å². The molecule has 224 valence electrons. The first kappa shape index (κ1) is 28.6. The van der Waals surface area contributed by atoms with Gasteiger partial charge in [0, 0.05) is 18.8 Å². The number of carbonyl (C=O) groups is 4. The highest BCUT2D eigenvalue weighted by Crippen LogP contribution is 2.47. The van der Waals surface area contributed by atoms with Crippen molar-refractivity contribution in [3.63, 3.8) is 0 Å². The van der Waals surface area contributed by atoms with Gasteiger partial charge in [-0.1, -0.05) is 55.8 Å². The molecule has 2 aromatic carbocycles. The van der Waals surface area contributed by atoms with E-state index in [4.69, 9.17) is 5.73 Å². The van der Waals surface area contributed by atoms with E-state index in [1.807, 2.05) is 62.4 Å². The Morgan fingerprint density at radius 1 is 1.09 bits per heavy atom. The lowest BCUT2D eigenvalue weighted by molar-refractivity contribution is -0.141. The number of primary amides is 1. The van der Waals surface area contributed by atoms with Gasteiger partial charge in [0.15, 0.2) is 5.69 Å². The summed E-state index contributed by atoms with van der Waals surface area (Å²) in [6.07, 6.45) is 5.29. The molecule has 4 heterocycles. The van der Waals surface area contributed by atoms with Crippen molar-refractivity contribution in [3.05, 3.63) is 71.5 Å². The van der Waals surface area contributed by atoms with Crippen LogP contribution >= 0.6 is 0 Å². The van der Waals surface area contributed by atoms with Crippen molar-refractivity contribution in [2.24, 2.45) is 11.7 Å². The van der Waals surface area contributed by atoms with Crippen LogP contribution in [0.1, 0.15) is 67.6 Å². The lowest BCUT2D eigenvalue weighted by Gasteiger charge is -2.36. The Morgan fingerprint density at radius 2 is 1.88 bits per heavy atom. The average molecular weight is 584 g/mol. The molecule has 4 bridgehead atoms. The molecule has 1 aromatic heterocycles. The third kappa shape index (κ3) is 5.17. The maximum Gasteiger partial charge on any atom is 0.276 e. The van der Waals surface area contributed by atoms with Gasteiger partial charge in [0.05, 0.1) is 17.3 Å². The Labute approximate surface area is 250 Å². The second-order valence-corrected chi connectivity index (χ2v) is 12.3. The van der Waals surface area contributed by atoms with Crippen LogP contribution in [-0.4, -0.2) is 73.6 Å². The molecule has 1 fully saturated rings. The average Bonchev–Trinajstić information content (AvgIpc) is 3.71. The van der Waals surface area contributed by atoms with Crippen molar-refractivity contribution >= 4 is 29.3 Å². The zero-order valence-corrected chi connectivity index (χ0v) is 24.5. The molecule has 6 rings (SSSR count). The second kappa shape index (κ2) is 11.3. The lowest BCUT2D eigenvalue weighted by atomic mass is 9.78. The fourth-order valence-corrected chi connectivity index (χ4v) is 6.77. The van der Waals surface area contributed by atoms with E-state index < -0.39 is 29.3 Å². The van der Waals surface area contributed by atoms with Crippen molar-refractivity contribution < 1.29 is 19.2 Å². The molecule has 3 aromatic rings. The Bertz CT molecular complexity index is 1570. The van der Waals surface area contributed by atoms with Crippen LogP contribution in [0.4, 0.5) is 5.69 Å². The monoisotopic (exact) mass is 583 g/mol. The summed E-state index contributed by atoms with van der Waals surface area (Å²) in [5, 5.41) is 11.3. The number of rotatable bonds is 5. The highest BCUT2D eigenvalue weighted by molar-refractivity contribution is 6.08. The molecule has 4 amide bonds.